The van der Waals surface area contributed by atoms with Gasteiger partial charge in [-0.3, -0.25) is 10.2 Å². The summed E-state index contributed by atoms with van der Waals surface area (Å²) in [5.41, 5.74) is 11.9. The van der Waals surface area contributed by atoms with E-state index in [1.165, 1.54) is 6.08 Å². The Balaban J connectivity index is 1.71. The maximum Gasteiger partial charge on any atom is 0.258 e. The van der Waals surface area contributed by atoms with Crippen molar-refractivity contribution in [2.24, 2.45) is 5.84 Å². The third-order valence-corrected chi connectivity index (χ3v) is 5.70. The maximum atomic E-state index is 11.6. The largest absolute Gasteiger partial charge is 0.457 e. The molecule has 0 fully saturated rings. The molecular weight excluding hydrogens is 396 g/mol. The van der Waals surface area contributed by atoms with E-state index in [2.05, 4.69) is 15.8 Å². The fourth-order valence-electron chi connectivity index (χ4n) is 3.20. The number of nitrogens with two attached hydrogens (primary N) is 2. The summed E-state index contributed by atoms with van der Waals surface area (Å²) >= 11 is 1.56. The standard InChI is InChI=1S/C23H20N4O2S/c1-14(11-20(28)27-25)18-12-26-23(24)21-19(13-30-22(18)21)15-7-9-17(10-8-15)29-16-5-3-2-4-6-16/h2-13H,25H2,1H3,(H2,24,26)(H,27,28)/b14-11+. The molecule has 1 amide bonds. The summed E-state index contributed by atoms with van der Waals surface area (Å²) in [4.78, 5) is 16.0. The number of hydrogen-bond donors (Lipinski definition) is 3. The molecule has 0 bridgehead atoms. The highest BCUT2D eigenvalue weighted by atomic mass is 32.1. The lowest BCUT2D eigenvalue weighted by Gasteiger charge is -2.08. The minimum absolute atomic E-state index is 0.372. The summed E-state index contributed by atoms with van der Waals surface area (Å²) in [6, 6.07) is 17.5. The molecule has 0 aliphatic carbocycles. The molecule has 6 nitrogen and oxygen atoms in total. The molecule has 4 rings (SSSR count). The summed E-state index contributed by atoms with van der Waals surface area (Å²) in [5, 5.41) is 2.92. The van der Waals surface area contributed by atoms with Crippen LogP contribution in [0, 0.1) is 0 Å². The summed E-state index contributed by atoms with van der Waals surface area (Å²) in [6.45, 7) is 1.84. The molecule has 2 heterocycles. The molecule has 2 aromatic carbocycles. The number of nitrogen functional groups attached to an aromatic ring is 1. The zero-order chi connectivity index (χ0) is 21.1. The van der Waals surface area contributed by atoms with Gasteiger partial charge in [-0.25, -0.2) is 10.8 Å². The number of allylic oxidation sites excluding steroid dienone is 1. The maximum absolute atomic E-state index is 11.6. The van der Waals surface area contributed by atoms with Crippen LogP contribution < -0.4 is 21.7 Å². The third-order valence-electron chi connectivity index (χ3n) is 4.68. The van der Waals surface area contributed by atoms with Crippen LogP contribution in [0.3, 0.4) is 0 Å². The number of rotatable bonds is 5. The number of carbonyl (C=O) groups excluding carboxylic acids is 1. The van der Waals surface area contributed by atoms with Gasteiger partial charge in [0.05, 0.1) is 0 Å². The van der Waals surface area contributed by atoms with Gasteiger partial charge < -0.3 is 10.5 Å². The minimum Gasteiger partial charge on any atom is -0.457 e. The van der Waals surface area contributed by atoms with Gasteiger partial charge >= 0.3 is 0 Å². The van der Waals surface area contributed by atoms with E-state index >= 15 is 0 Å². The molecule has 4 aromatic rings. The van der Waals surface area contributed by atoms with Gasteiger partial charge in [-0.2, -0.15) is 0 Å². The van der Waals surface area contributed by atoms with Crippen LogP contribution in [0.4, 0.5) is 5.82 Å². The number of para-hydroxylation sites is 1. The molecule has 0 unspecified atom stereocenters. The number of nitrogens with zero attached hydrogens (tertiary/aromatic N) is 1. The van der Waals surface area contributed by atoms with Crippen molar-refractivity contribution >= 4 is 38.7 Å². The van der Waals surface area contributed by atoms with Crippen LogP contribution >= 0.6 is 11.3 Å². The molecule has 0 saturated carbocycles. The molecule has 0 spiro atoms. The highest BCUT2D eigenvalue weighted by molar-refractivity contribution is 7.18. The number of hydrogen-bond acceptors (Lipinski definition) is 6. The molecule has 0 aliphatic heterocycles. The first-order chi connectivity index (χ1) is 14.6. The third kappa shape index (κ3) is 3.89. The molecule has 0 aliphatic rings. The number of pyridine rings is 1. The molecule has 0 saturated heterocycles. The van der Waals surface area contributed by atoms with Crippen LogP contribution in [0.25, 0.3) is 26.8 Å². The lowest BCUT2D eigenvalue weighted by Crippen LogP contribution is -2.28. The average Bonchev–Trinajstić information content (AvgIpc) is 3.21. The van der Waals surface area contributed by atoms with E-state index in [0.29, 0.717) is 5.82 Å². The number of thiophene rings is 1. The number of amides is 1. The molecule has 5 N–H and O–H groups in total. The van der Waals surface area contributed by atoms with Crippen LogP contribution in [-0.2, 0) is 4.79 Å². The number of fused-ring (bicyclic) bond motifs is 1. The molecule has 150 valence electrons. The molecule has 30 heavy (non-hydrogen) atoms. The average molecular weight is 417 g/mol. The van der Waals surface area contributed by atoms with E-state index in [4.69, 9.17) is 16.3 Å². The predicted octanol–water partition coefficient (Wildman–Crippen LogP) is 4.73. The quantitative estimate of drug-likeness (QED) is 0.189. The Morgan fingerprint density at radius 2 is 1.80 bits per heavy atom. The monoisotopic (exact) mass is 416 g/mol. The minimum atomic E-state index is -0.372. The van der Waals surface area contributed by atoms with Gasteiger partial charge in [0.1, 0.15) is 17.3 Å². The van der Waals surface area contributed by atoms with Crippen molar-refractivity contribution in [2.45, 2.75) is 6.92 Å². The molecule has 2 aromatic heterocycles. The van der Waals surface area contributed by atoms with E-state index in [1.807, 2.05) is 61.5 Å². The van der Waals surface area contributed by atoms with Crippen LogP contribution in [0.15, 0.2) is 72.3 Å². The number of benzene rings is 2. The number of nitrogens with one attached hydrogen (secondary N) is 1. The van der Waals surface area contributed by atoms with Gasteiger partial charge in [0.15, 0.2) is 0 Å². The van der Waals surface area contributed by atoms with Crippen LogP contribution in [0.1, 0.15) is 12.5 Å². The first-order valence-electron chi connectivity index (χ1n) is 9.25. The van der Waals surface area contributed by atoms with Crippen molar-refractivity contribution in [1.29, 1.82) is 0 Å². The molecule has 0 radical (unpaired) electrons. The highest BCUT2D eigenvalue weighted by Gasteiger charge is 2.15. The number of hydrazine groups is 1. The van der Waals surface area contributed by atoms with Gasteiger partial charge in [0.2, 0.25) is 0 Å². The lowest BCUT2D eigenvalue weighted by atomic mass is 10.0. The van der Waals surface area contributed by atoms with Crippen molar-refractivity contribution < 1.29 is 9.53 Å². The first-order valence-corrected chi connectivity index (χ1v) is 10.1. The summed E-state index contributed by atoms with van der Waals surface area (Å²) in [6.07, 6.45) is 3.13. The van der Waals surface area contributed by atoms with E-state index in [1.54, 1.807) is 17.5 Å². The summed E-state index contributed by atoms with van der Waals surface area (Å²) < 4.78 is 6.84. The molecule has 7 heteroatoms. The second kappa shape index (κ2) is 8.36. The Hall–Kier alpha value is -3.68. The second-order valence-electron chi connectivity index (χ2n) is 6.69. The Kier molecular flexibility index (Phi) is 5.47. The number of ether oxygens (including phenoxy) is 1. The Bertz CT molecular complexity index is 1230. The number of carbonyl (C=O) groups is 1. The molecule has 0 atom stereocenters. The zero-order valence-electron chi connectivity index (χ0n) is 16.3. The predicted molar refractivity (Wildman–Crippen MR) is 122 cm³/mol. The number of anilines is 1. The Morgan fingerprint density at radius 3 is 2.50 bits per heavy atom. The Morgan fingerprint density at radius 1 is 1.10 bits per heavy atom. The van der Waals surface area contributed by atoms with Crippen molar-refractivity contribution in [2.75, 3.05) is 5.73 Å². The van der Waals surface area contributed by atoms with Crippen molar-refractivity contribution in [3.05, 3.63) is 77.8 Å². The zero-order valence-corrected chi connectivity index (χ0v) is 17.1. The normalized spacial score (nSPS) is 11.5. The highest BCUT2D eigenvalue weighted by Crippen LogP contribution is 2.40. The van der Waals surface area contributed by atoms with E-state index in [0.717, 1.165) is 43.8 Å². The van der Waals surface area contributed by atoms with Crippen molar-refractivity contribution in [3.63, 3.8) is 0 Å². The van der Waals surface area contributed by atoms with Crippen molar-refractivity contribution in [3.8, 4) is 22.6 Å². The fraction of sp³-hybridized carbons (Fsp3) is 0.0435. The van der Waals surface area contributed by atoms with Gasteiger partial charge in [-0.1, -0.05) is 30.3 Å². The topological polar surface area (TPSA) is 103 Å². The van der Waals surface area contributed by atoms with Gasteiger partial charge in [0.25, 0.3) is 5.91 Å². The van der Waals surface area contributed by atoms with Crippen LogP contribution in [0.2, 0.25) is 0 Å². The van der Waals surface area contributed by atoms with Gasteiger partial charge in [0, 0.05) is 33.5 Å². The molecular formula is C23H20N4O2S. The summed E-state index contributed by atoms with van der Waals surface area (Å²) in [7, 11) is 0. The first kappa shape index (κ1) is 19.6. The van der Waals surface area contributed by atoms with Crippen LogP contribution in [-0.4, -0.2) is 10.9 Å². The van der Waals surface area contributed by atoms with Gasteiger partial charge in [-0.05, 0) is 47.7 Å². The lowest BCUT2D eigenvalue weighted by molar-refractivity contribution is -0.116. The van der Waals surface area contributed by atoms with E-state index < -0.39 is 0 Å². The SMILES string of the molecule is C/C(=C\C(=O)NN)c1cnc(N)c2c(-c3ccc(Oc4ccccc4)cc3)csc12. The smallest absolute Gasteiger partial charge is 0.258 e. The van der Waals surface area contributed by atoms with Gasteiger partial charge in [-0.15, -0.1) is 11.3 Å². The second-order valence-corrected chi connectivity index (χ2v) is 7.57. The fourth-order valence-corrected chi connectivity index (χ4v) is 4.37. The van der Waals surface area contributed by atoms with Crippen LogP contribution in [0.5, 0.6) is 11.5 Å². The number of aromatic nitrogens is 1. The Labute approximate surface area is 177 Å². The van der Waals surface area contributed by atoms with E-state index in [-0.39, 0.29) is 5.91 Å². The van der Waals surface area contributed by atoms with E-state index in [9.17, 15) is 4.79 Å². The summed E-state index contributed by atoms with van der Waals surface area (Å²) in [5.74, 6) is 6.80. The van der Waals surface area contributed by atoms with Crippen molar-refractivity contribution in [1.82, 2.24) is 10.4 Å².